The topological polar surface area (TPSA) is 33.3 Å². The maximum Gasteiger partial charge on any atom is 0.0620 e. The Bertz CT molecular complexity index is 124. The minimum atomic E-state index is 0.622. The SMILES string of the molecule is C1CC(CC2COCCN2)CCN1. The zero-order valence-corrected chi connectivity index (χ0v) is 8.22. The highest BCUT2D eigenvalue weighted by Gasteiger charge is 2.20. The Labute approximate surface area is 80.2 Å². The molecule has 0 aliphatic carbocycles. The third-order valence-electron chi connectivity index (χ3n) is 3.08. The normalized spacial score (nSPS) is 31.8. The van der Waals surface area contributed by atoms with Crippen molar-refractivity contribution in [3.63, 3.8) is 0 Å². The molecule has 0 aromatic carbocycles. The van der Waals surface area contributed by atoms with Gasteiger partial charge >= 0.3 is 0 Å². The summed E-state index contributed by atoms with van der Waals surface area (Å²) in [6.45, 7) is 5.26. The Morgan fingerprint density at radius 3 is 2.69 bits per heavy atom. The molecule has 1 atom stereocenters. The highest BCUT2D eigenvalue weighted by molar-refractivity contribution is 4.77. The summed E-state index contributed by atoms with van der Waals surface area (Å²) in [6, 6.07) is 0.622. The van der Waals surface area contributed by atoms with Gasteiger partial charge in [-0.2, -0.15) is 0 Å². The van der Waals surface area contributed by atoms with E-state index in [-0.39, 0.29) is 0 Å². The zero-order chi connectivity index (χ0) is 8.93. The van der Waals surface area contributed by atoms with Gasteiger partial charge in [0, 0.05) is 12.6 Å². The lowest BCUT2D eigenvalue weighted by Gasteiger charge is -2.30. The van der Waals surface area contributed by atoms with Crippen LogP contribution in [0.5, 0.6) is 0 Å². The summed E-state index contributed by atoms with van der Waals surface area (Å²) in [5.41, 5.74) is 0. The van der Waals surface area contributed by atoms with Crippen molar-refractivity contribution in [1.82, 2.24) is 10.6 Å². The Balaban J connectivity index is 1.69. The fourth-order valence-corrected chi connectivity index (χ4v) is 2.29. The van der Waals surface area contributed by atoms with Gasteiger partial charge in [0.05, 0.1) is 13.2 Å². The van der Waals surface area contributed by atoms with Crippen LogP contribution in [-0.2, 0) is 4.74 Å². The third kappa shape index (κ3) is 2.93. The monoisotopic (exact) mass is 184 g/mol. The van der Waals surface area contributed by atoms with Gasteiger partial charge in [-0.25, -0.2) is 0 Å². The van der Waals surface area contributed by atoms with Crippen molar-refractivity contribution in [2.75, 3.05) is 32.8 Å². The molecule has 0 saturated carbocycles. The van der Waals surface area contributed by atoms with Crippen LogP contribution in [0.1, 0.15) is 19.3 Å². The molecule has 0 aromatic heterocycles. The molecule has 2 aliphatic heterocycles. The number of hydrogen-bond acceptors (Lipinski definition) is 3. The van der Waals surface area contributed by atoms with Gasteiger partial charge in [-0.3, -0.25) is 0 Å². The lowest BCUT2D eigenvalue weighted by molar-refractivity contribution is 0.0664. The highest BCUT2D eigenvalue weighted by Crippen LogP contribution is 2.18. The molecule has 0 bridgehead atoms. The van der Waals surface area contributed by atoms with Crippen molar-refractivity contribution in [1.29, 1.82) is 0 Å². The minimum Gasteiger partial charge on any atom is -0.379 e. The third-order valence-corrected chi connectivity index (χ3v) is 3.08. The van der Waals surface area contributed by atoms with Crippen LogP contribution in [0, 0.1) is 5.92 Å². The fourth-order valence-electron chi connectivity index (χ4n) is 2.29. The van der Waals surface area contributed by atoms with Crippen molar-refractivity contribution < 1.29 is 4.74 Å². The Hall–Kier alpha value is -0.120. The van der Waals surface area contributed by atoms with E-state index < -0.39 is 0 Å². The number of rotatable bonds is 2. The van der Waals surface area contributed by atoms with Crippen LogP contribution in [0.2, 0.25) is 0 Å². The molecule has 0 radical (unpaired) electrons. The fraction of sp³-hybridized carbons (Fsp3) is 1.00. The molecule has 2 heterocycles. The molecule has 3 nitrogen and oxygen atoms in total. The molecular weight excluding hydrogens is 164 g/mol. The summed E-state index contributed by atoms with van der Waals surface area (Å²) in [7, 11) is 0. The van der Waals surface area contributed by atoms with Gasteiger partial charge in [-0.15, -0.1) is 0 Å². The van der Waals surface area contributed by atoms with E-state index in [9.17, 15) is 0 Å². The summed E-state index contributed by atoms with van der Waals surface area (Å²) >= 11 is 0. The second kappa shape index (κ2) is 4.94. The standard InChI is InChI=1S/C10H20N2O/c1-3-11-4-2-9(1)7-10-8-13-6-5-12-10/h9-12H,1-8H2. The first-order valence-corrected chi connectivity index (χ1v) is 5.47. The molecule has 2 fully saturated rings. The van der Waals surface area contributed by atoms with Gasteiger partial charge in [-0.1, -0.05) is 0 Å². The van der Waals surface area contributed by atoms with E-state index in [1.807, 2.05) is 0 Å². The molecule has 0 spiro atoms. The minimum absolute atomic E-state index is 0.622. The summed E-state index contributed by atoms with van der Waals surface area (Å²) in [5, 5.41) is 6.92. The lowest BCUT2D eigenvalue weighted by Crippen LogP contribution is -2.43. The molecule has 2 saturated heterocycles. The second-order valence-corrected chi connectivity index (χ2v) is 4.16. The molecule has 0 aromatic rings. The highest BCUT2D eigenvalue weighted by atomic mass is 16.5. The molecule has 2 aliphatic rings. The number of hydrogen-bond donors (Lipinski definition) is 2. The van der Waals surface area contributed by atoms with E-state index in [0.29, 0.717) is 6.04 Å². The van der Waals surface area contributed by atoms with Crippen LogP contribution in [0.15, 0.2) is 0 Å². The van der Waals surface area contributed by atoms with E-state index in [1.54, 1.807) is 0 Å². The van der Waals surface area contributed by atoms with Crippen LogP contribution < -0.4 is 10.6 Å². The summed E-state index contributed by atoms with van der Waals surface area (Å²) in [6.07, 6.45) is 4.00. The lowest BCUT2D eigenvalue weighted by atomic mass is 9.91. The summed E-state index contributed by atoms with van der Waals surface area (Å²) < 4.78 is 5.45. The van der Waals surface area contributed by atoms with Gasteiger partial charge in [0.15, 0.2) is 0 Å². The smallest absolute Gasteiger partial charge is 0.0620 e. The molecule has 0 amide bonds. The van der Waals surface area contributed by atoms with Crippen molar-refractivity contribution in [2.45, 2.75) is 25.3 Å². The van der Waals surface area contributed by atoms with Gasteiger partial charge in [0.1, 0.15) is 0 Å². The van der Waals surface area contributed by atoms with Crippen molar-refractivity contribution in [2.24, 2.45) is 5.92 Å². The maximum atomic E-state index is 5.45. The summed E-state index contributed by atoms with van der Waals surface area (Å²) in [4.78, 5) is 0. The first-order valence-electron chi connectivity index (χ1n) is 5.47. The Morgan fingerprint density at radius 1 is 1.15 bits per heavy atom. The van der Waals surface area contributed by atoms with Crippen molar-refractivity contribution >= 4 is 0 Å². The van der Waals surface area contributed by atoms with E-state index in [4.69, 9.17) is 4.74 Å². The first kappa shape index (κ1) is 9.44. The van der Waals surface area contributed by atoms with E-state index in [2.05, 4.69) is 10.6 Å². The van der Waals surface area contributed by atoms with Gasteiger partial charge in [0.2, 0.25) is 0 Å². The first-order chi connectivity index (χ1) is 6.45. The predicted molar refractivity (Wildman–Crippen MR) is 52.8 cm³/mol. The number of nitrogens with one attached hydrogen (secondary N) is 2. The Kier molecular flexibility index (Phi) is 3.58. The van der Waals surface area contributed by atoms with Crippen LogP contribution in [0.25, 0.3) is 0 Å². The van der Waals surface area contributed by atoms with E-state index in [1.165, 1.54) is 32.4 Å². The van der Waals surface area contributed by atoms with Crippen molar-refractivity contribution in [3.8, 4) is 0 Å². The molecule has 3 heteroatoms. The predicted octanol–water partition coefficient (Wildman–Crippen LogP) is 0.364. The average molecular weight is 184 g/mol. The number of piperidine rings is 1. The van der Waals surface area contributed by atoms with Gasteiger partial charge in [-0.05, 0) is 38.3 Å². The Morgan fingerprint density at radius 2 is 2.00 bits per heavy atom. The van der Waals surface area contributed by atoms with Crippen molar-refractivity contribution in [3.05, 3.63) is 0 Å². The molecule has 2 rings (SSSR count). The van der Waals surface area contributed by atoms with E-state index >= 15 is 0 Å². The summed E-state index contributed by atoms with van der Waals surface area (Å²) in [5.74, 6) is 0.917. The second-order valence-electron chi connectivity index (χ2n) is 4.16. The van der Waals surface area contributed by atoms with Crippen LogP contribution in [0.3, 0.4) is 0 Å². The van der Waals surface area contributed by atoms with Gasteiger partial charge in [0.25, 0.3) is 0 Å². The molecule has 76 valence electrons. The van der Waals surface area contributed by atoms with Gasteiger partial charge < -0.3 is 15.4 Å². The molecule has 2 N–H and O–H groups in total. The van der Waals surface area contributed by atoms with Crippen LogP contribution in [0.4, 0.5) is 0 Å². The number of morpholine rings is 1. The molecule has 13 heavy (non-hydrogen) atoms. The largest absolute Gasteiger partial charge is 0.379 e. The molecule has 1 unspecified atom stereocenters. The number of ether oxygens (including phenoxy) is 1. The quantitative estimate of drug-likeness (QED) is 0.650. The average Bonchev–Trinajstić information content (AvgIpc) is 2.21. The maximum absolute atomic E-state index is 5.45. The zero-order valence-electron chi connectivity index (χ0n) is 8.22. The van der Waals surface area contributed by atoms with Crippen LogP contribution in [-0.4, -0.2) is 38.9 Å². The van der Waals surface area contributed by atoms with E-state index in [0.717, 1.165) is 25.7 Å². The molecular formula is C10H20N2O. The van der Waals surface area contributed by atoms with Crippen LogP contribution >= 0.6 is 0 Å².